The third-order valence-electron chi connectivity index (χ3n) is 3.99. The van der Waals surface area contributed by atoms with Gasteiger partial charge in [0.2, 0.25) is 0 Å². The van der Waals surface area contributed by atoms with Gasteiger partial charge in [0.1, 0.15) is 5.54 Å². The molecule has 1 saturated heterocycles. The van der Waals surface area contributed by atoms with Crippen LogP contribution >= 0.6 is 0 Å². The Morgan fingerprint density at radius 1 is 1.33 bits per heavy atom. The van der Waals surface area contributed by atoms with E-state index in [-0.39, 0.29) is 12.1 Å². The van der Waals surface area contributed by atoms with Crippen LogP contribution in [0.4, 0.5) is 0 Å². The van der Waals surface area contributed by atoms with E-state index in [4.69, 9.17) is 14.2 Å². The topological polar surface area (TPSA) is 56.8 Å². The first-order valence-electron chi connectivity index (χ1n) is 6.69. The molecule has 0 aromatic carbocycles. The number of carbonyl (C=O) groups is 1. The van der Waals surface area contributed by atoms with Crippen LogP contribution in [-0.4, -0.2) is 51.6 Å². The summed E-state index contributed by atoms with van der Waals surface area (Å²) in [7, 11) is 3.24. The van der Waals surface area contributed by atoms with Gasteiger partial charge in [0.05, 0.1) is 19.8 Å². The first kappa shape index (κ1) is 13.8. The van der Waals surface area contributed by atoms with Crippen LogP contribution in [0.1, 0.15) is 25.7 Å². The molecule has 1 heterocycles. The number of carbonyl (C=O) groups excluding carboxylic acids is 1. The van der Waals surface area contributed by atoms with Crippen molar-refractivity contribution >= 4 is 5.97 Å². The van der Waals surface area contributed by atoms with E-state index >= 15 is 0 Å². The maximum Gasteiger partial charge on any atom is 0.328 e. The summed E-state index contributed by atoms with van der Waals surface area (Å²) in [6, 6.07) is 0. The van der Waals surface area contributed by atoms with Crippen LogP contribution in [0, 0.1) is 5.92 Å². The van der Waals surface area contributed by atoms with E-state index in [1.165, 1.54) is 7.11 Å². The van der Waals surface area contributed by atoms with E-state index in [2.05, 4.69) is 5.32 Å². The lowest BCUT2D eigenvalue weighted by molar-refractivity contribution is -0.155. The number of rotatable bonds is 6. The van der Waals surface area contributed by atoms with Gasteiger partial charge in [-0.2, -0.15) is 0 Å². The van der Waals surface area contributed by atoms with Gasteiger partial charge in [-0.15, -0.1) is 0 Å². The highest BCUT2D eigenvalue weighted by atomic mass is 16.5. The summed E-state index contributed by atoms with van der Waals surface area (Å²) in [5.41, 5.74) is -0.660. The van der Waals surface area contributed by atoms with Crippen molar-refractivity contribution < 1.29 is 19.0 Å². The number of likely N-dealkylation sites (N-methyl/N-ethyl adjacent to an activating group) is 1. The third-order valence-corrected chi connectivity index (χ3v) is 3.99. The Labute approximate surface area is 108 Å². The van der Waals surface area contributed by atoms with Crippen molar-refractivity contribution in [2.45, 2.75) is 37.3 Å². The van der Waals surface area contributed by atoms with Gasteiger partial charge in [0, 0.05) is 13.2 Å². The first-order chi connectivity index (χ1) is 8.73. The van der Waals surface area contributed by atoms with E-state index in [1.807, 2.05) is 7.05 Å². The molecule has 0 radical (unpaired) electrons. The lowest BCUT2D eigenvalue weighted by atomic mass is 9.94. The Hall–Kier alpha value is -0.650. The second kappa shape index (κ2) is 5.99. The molecule has 0 aromatic heterocycles. The molecule has 0 aromatic rings. The molecular formula is C13H23NO4. The molecule has 1 aliphatic carbocycles. The molecule has 1 atom stereocenters. The molecule has 18 heavy (non-hydrogen) atoms. The summed E-state index contributed by atoms with van der Waals surface area (Å²) in [5, 5.41) is 3.14. The Balaban J connectivity index is 1.93. The summed E-state index contributed by atoms with van der Waals surface area (Å²) in [6.07, 6.45) is 4.15. The summed E-state index contributed by atoms with van der Waals surface area (Å²) in [5.74, 6) is 0.134. The molecule has 2 fully saturated rings. The van der Waals surface area contributed by atoms with Crippen molar-refractivity contribution in [1.29, 1.82) is 0 Å². The van der Waals surface area contributed by atoms with Crippen LogP contribution < -0.4 is 5.32 Å². The van der Waals surface area contributed by atoms with Crippen LogP contribution in [0.5, 0.6) is 0 Å². The molecule has 0 amide bonds. The molecular weight excluding hydrogens is 234 g/mol. The molecule has 0 bridgehead atoms. The number of esters is 1. The van der Waals surface area contributed by atoms with E-state index in [1.54, 1.807) is 0 Å². The Morgan fingerprint density at radius 2 is 2.00 bits per heavy atom. The fourth-order valence-corrected chi connectivity index (χ4v) is 2.57. The van der Waals surface area contributed by atoms with Gasteiger partial charge in [0.15, 0.2) is 0 Å². The number of hydrogen-bond donors (Lipinski definition) is 1. The Kier molecular flexibility index (Phi) is 4.59. The average Bonchev–Trinajstić information content (AvgIpc) is 3.26. The van der Waals surface area contributed by atoms with Crippen LogP contribution in [0.2, 0.25) is 0 Å². The highest BCUT2D eigenvalue weighted by Crippen LogP contribution is 2.40. The Bertz CT molecular complexity index is 287. The van der Waals surface area contributed by atoms with Crippen molar-refractivity contribution in [3.8, 4) is 0 Å². The van der Waals surface area contributed by atoms with Crippen molar-refractivity contribution in [3.05, 3.63) is 0 Å². The predicted molar refractivity (Wildman–Crippen MR) is 66.3 cm³/mol. The monoisotopic (exact) mass is 257 g/mol. The molecule has 5 heteroatoms. The predicted octanol–water partition coefficient (Wildman–Crippen LogP) is 0.723. The maximum atomic E-state index is 12.0. The number of nitrogens with one attached hydrogen (secondary N) is 1. The van der Waals surface area contributed by atoms with E-state index < -0.39 is 5.54 Å². The van der Waals surface area contributed by atoms with Gasteiger partial charge in [0.25, 0.3) is 0 Å². The van der Waals surface area contributed by atoms with Gasteiger partial charge >= 0.3 is 5.97 Å². The molecule has 1 unspecified atom stereocenters. The fraction of sp³-hybridized carbons (Fsp3) is 0.923. The van der Waals surface area contributed by atoms with Crippen molar-refractivity contribution in [2.24, 2.45) is 5.92 Å². The van der Waals surface area contributed by atoms with Gasteiger partial charge in [-0.05, 0) is 38.6 Å². The zero-order valence-electron chi connectivity index (χ0n) is 11.2. The lowest BCUT2D eigenvalue weighted by Gasteiger charge is -2.33. The standard InChI is InChI=1S/C13H23NO4/c1-14-13(10-3-4-10,12(15)16-2)9-18-11-5-7-17-8-6-11/h10-11,14H,3-9H2,1-2H3. The molecule has 5 nitrogen and oxygen atoms in total. The highest BCUT2D eigenvalue weighted by Gasteiger charge is 2.51. The summed E-state index contributed by atoms with van der Waals surface area (Å²) in [4.78, 5) is 12.0. The van der Waals surface area contributed by atoms with Crippen LogP contribution in [0.15, 0.2) is 0 Å². The second-order valence-corrected chi connectivity index (χ2v) is 5.11. The minimum atomic E-state index is -0.660. The molecule has 1 N–H and O–H groups in total. The fourth-order valence-electron chi connectivity index (χ4n) is 2.57. The quantitative estimate of drug-likeness (QED) is 0.711. The molecule has 0 spiro atoms. The second-order valence-electron chi connectivity index (χ2n) is 5.11. The van der Waals surface area contributed by atoms with Gasteiger partial charge < -0.3 is 19.5 Å². The SMILES string of the molecule is CNC(COC1CCOCC1)(C(=O)OC)C1CC1. The number of methoxy groups -OCH3 is 1. The largest absolute Gasteiger partial charge is 0.468 e. The zero-order chi connectivity index (χ0) is 13.0. The van der Waals surface area contributed by atoms with E-state index in [0.29, 0.717) is 12.5 Å². The van der Waals surface area contributed by atoms with Gasteiger partial charge in [-0.25, -0.2) is 4.79 Å². The molecule has 104 valence electrons. The van der Waals surface area contributed by atoms with Crippen molar-refractivity contribution in [2.75, 3.05) is 34.0 Å². The lowest BCUT2D eigenvalue weighted by Crippen LogP contribution is -2.57. The zero-order valence-corrected chi connectivity index (χ0v) is 11.2. The Morgan fingerprint density at radius 3 is 2.50 bits per heavy atom. The van der Waals surface area contributed by atoms with Crippen LogP contribution in [0.25, 0.3) is 0 Å². The maximum absolute atomic E-state index is 12.0. The van der Waals surface area contributed by atoms with Gasteiger partial charge in [-0.3, -0.25) is 0 Å². The van der Waals surface area contributed by atoms with Crippen molar-refractivity contribution in [3.63, 3.8) is 0 Å². The van der Waals surface area contributed by atoms with E-state index in [9.17, 15) is 4.79 Å². The normalized spacial score (nSPS) is 24.6. The summed E-state index contributed by atoms with van der Waals surface area (Å²) in [6.45, 7) is 1.89. The molecule has 1 aliphatic heterocycles. The highest BCUT2D eigenvalue weighted by molar-refractivity contribution is 5.82. The van der Waals surface area contributed by atoms with Crippen LogP contribution in [0.3, 0.4) is 0 Å². The number of hydrogen-bond acceptors (Lipinski definition) is 5. The third kappa shape index (κ3) is 2.84. The van der Waals surface area contributed by atoms with Gasteiger partial charge in [-0.1, -0.05) is 0 Å². The summed E-state index contributed by atoms with van der Waals surface area (Å²) >= 11 is 0. The number of ether oxygens (including phenoxy) is 3. The molecule has 1 saturated carbocycles. The van der Waals surface area contributed by atoms with Crippen LogP contribution in [-0.2, 0) is 19.0 Å². The summed E-state index contributed by atoms with van der Waals surface area (Å²) < 4.78 is 16.2. The molecule has 2 aliphatic rings. The van der Waals surface area contributed by atoms with Crippen molar-refractivity contribution in [1.82, 2.24) is 5.32 Å². The molecule has 2 rings (SSSR count). The minimum absolute atomic E-state index is 0.204. The van der Waals surface area contributed by atoms with E-state index in [0.717, 1.165) is 38.9 Å². The average molecular weight is 257 g/mol. The first-order valence-corrected chi connectivity index (χ1v) is 6.69. The smallest absolute Gasteiger partial charge is 0.328 e. The minimum Gasteiger partial charge on any atom is -0.468 e.